The number of sulfonamides is 1. The van der Waals surface area contributed by atoms with E-state index in [1.807, 2.05) is 11.8 Å². The molecule has 0 bridgehead atoms. The zero-order valence-electron chi connectivity index (χ0n) is 11.4. The van der Waals surface area contributed by atoms with Gasteiger partial charge in [-0.15, -0.1) is 0 Å². The Morgan fingerprint density at radius 1 is 1.45 bits per heavy atom. The molecular formula is C13H19ClN2O2S2. The molecule has 1 aromatic carbocycles. The van der Waals surface area contributed by atoms with E-state index in [1.54, 1.807) is 13.0 Å². The minimum atomic E-state index is -3.56. The fourth-order valence-electron chi connectivity index (χ4n) is 2.20. The first-order valence-electron chi connectivity index (χ1n) is 6.57. The van der Waals surface area contributed by atoms with Crippen molar-refractivity contribution in [3.63, 3.8) is 0 Å². The predicted octanol–water partition coefficient (Wildman–Crippen LogP) is 2.79. The fraction of sp³-hybridized carbons (Fsp3) is 0.538. The number of hydrogen-bond acceptors (Lipinski definition) is 4. The van der Waals surface area contributed by atoms with Gasteiger partial charge in [-0.1, -0.05) is 18.0 Å². The third kappa shape index (κ3) is 3.81. The fourth-order valence-corrected chi connectivity index (χ4v) is 5.22. The maximum Gasteiger partial charge on any atom is 0.240 e. The smallest absolute Gasteiger partial charge is 0.240 e. The van der Waals surface area contributed by atoms with Crippen LogP contribution in [-0.4, -0.2) is 26.0 Å². The van der Waals surface area contributed by atoms with Crippen LogP contribution in [0.1, 0.15) is 24.8 Å². The summed E-state index contributed by atoms with van der Waals surface area (Å²) in [6.45, 7) is 2.15. The van der Waals surface area contributed by atoms with Crippen LogP contribution in [0.5, 0.6) is 0 Å². The molecule has 4 nitrogen and oxygen atoms in total. The van der Waals surface area contributed by atoms with E-state index in [-0.39, 0.29) is 4.90 Å². The Labute approximate surface area is 129 Å². The highest BCUT2D eigenvalue weighted by Crippen LogP contribution is 2.27. The molecule has 1 saturated heterocycles. The van der Waals surface area contributed by atoms with E-state index in [0.717, 1.165) is 12.2 Å². The molecule has 1 aliphatic heterocycles. The molecule has 3 N–H and O–H groups in total. The second kappa shape index (κ2) is 6.56. The maximum absolute atomic E-state index is 12.4. The molecule has 2 rings (SSSR count). The van der Waals surface area contributed by atoms with Crippen LogP contribution in [0.25, 0.3) is 0 Å². The first-order chi connectivity index (χ1) is 9.40. The third-order valence-electron chi connectivity index (χ3n) is 3.43. The van der Waals surface area contributed by atoms with Crippen LogP contribution in [0.15, 0.2) is 17.0 Å². The molecule has 1 aliphatic rings. The predicted molar refractivity (Wildman–Crippen MR) is 85.9 cm³/mol. The first kappa shape index (κ1) is 15.9. The summed E-state index contributed by atoms with van der Waals surface area (Å²) in [7, 11) is -3.56. The molecule has 0 saturated carbocycles. The van der Waals surface area contributed by atoms with Crippen molar-refractivity contribution in [2.24, 2.45) is 0 Å². The van der Waals surface area contributed by atoms with Gasteiger partial charge in [-0.2, -0.15) is 11.8 Å². The first-order valence-corrected chi connectivity index (χ1v) is 9.48. The number of anilines is 1. The van der Waals surface area contributed by atoms with Crippen LogP contribution in [0, 0.1) is 6.92 Å². The van der Waals surface area contributed by atoms with Gasteiger partial charge in [0.25, 0.3) is 0 Å². The van der Waals surface area contributed by atoms with Crippen molar-refractivity contribution < 1.29 is 8.42 Å². The summed E-state index contributed by atoms with van der Waals surface area (Å²) < 4.78 is 27.4. The third-order valence-corrected chi connectivity index (χ3v) is 6.60. The zero-order valence-corrected chi connectivity index (χ0v) is 13.7. The minimum Gasteiger partial charge on any atom is -0.398 e. The van der Waals surface area contributed by atoms with Crippen molar-refractivity contribution in [3.8, 4) is 0 Å². The van der Waals surface area contributed by atoms with Gasteiger partial charge in [0.15, 0.2) is 0 Å². The lowest BCUT2D eigenvalue weighted by molar-refractivity contribution is 0.573. The van der Waals surface area contributed by atoms with Gasteiger partial charge in [0, 0.05) is 22.5 Å². The average Bonchev–Trinajstić information content (AvgIpc) is 2.42. The summed E-state index contributed by atoms with van der Waals surface area (Å²) in [6.07, 6.45) is 3.45. The van der Waals surface area contributed by atoms with Crippen molar-refractivity contribution in [2.45, 2.75) is 36.3 Å². The summed E-state index contributed by atoms with van der Waals surface area (Å²) in [6, 6.07) is 3.01. The van der Waals surface area contributed by atoms with E-state index in [2.05, 4.69) is 4.72 Å². The highest BCUT2D eigenvalue weighted by Gasteiger charge is 2.22. The molecule has 1 atom stereocenters. The average molecular weight is 335 g/mol. The van der Waals surface area contributed by atoms with Gasteiger partial charge >= 0.3 is 0 Å². The van der Waals surface area contributed by atoms with E-state index in [1.165, 1.54) is 18.9 Å². The Morgan fingerprint density at radius 2 is 2.20 bits per heavy atom. The zero-order chi connectivity index (χ0) is 14.8. The van der Waals surface area contributed by atoms with Gasteiger partial charge in [-0.25, -0.2) is 13.1 Å². The monoisotopic (exact) mass is 334 g/mol. The number of nitrogens with two attached hydrogens (primary N) is 1. The molecule has 1 aromatic rings. The molecule has 7 heteroatoms. The van der Waals surface area contributed by atoms with E-state index in [4.69, 9.17) is 17.3 Å². The normalized spacial score (nSPS) is 20.0. The molecule has 1 heterocycles. The largest absolute Gasteiger partial charge is 0.398 e. The summed E-state index contributed by atoms with van der Waals surface area (Å²) >= 11 is 7.73. The number of rotatable bonds is 4. The molecule has 0 aliphatic carbocycles. The standard InChI is InChI=1S/C13H19ClN2O2S2/c1-9-12(15)6-10(14)7-13(9)20(17,18)16-8-11-4-2-3-5-19-11/h6-7,11,16H,2-5,8,15H2,1H3. The molecule has 112 valence electrons. The van der Waals surface area contributed by atoms with Gasteiger partial charge in [-0.05, 0) is 43.2 Å². The van der Waals surface area contributed by atoms with Crippen LogP contribution in [0.3, 0.4) is 0 Å². The van der Waals surface area contributed by atoms with Crippen LogP contribution in [0.2, 0.25) is 5.02 Å². The number of thioether (sulfide) groups is 1. The SMILES string of the molecule is Cc1c(N)cc(Cl)cc1S(=O)(=O)NCC1CCCCS1. The second-order valence-electron chi connectivity index (χ2n) is 4.96. The minimum absolute atomic E-state index is 0.170. The number of benzene rings is 1. The van der Waals surface area contributed by atoms with Gasteiger partial charge in [0.1, 0.15) is 0 Å². The molecule has 0 aromatic heterocycles. The summed E-state index contributed by atoms with van der Waals surface area (Å²) in [5.74, 6) is 1.11. The van der Waals surface area contributed by atoms with Gasteiger partial charge in [-0.3, -0.25) is 0 Å². The lowest BCUT2D eigenvalue weighted by Gasteiger charge is -2.21. The Bertz CT molecular complexity index is 584. The number of nitrogen functional groups attached to an aromatic ring is 1. The highest BCUT2D eigenvalue weighted by atomic mass is 35.5. The second-order valence-corrected chi connectivity index (χ2v) is 8.54. The van der Waals surface area contributed by atoms with Gasteiger partial charge in [0.05, 0.1) is 4.90 Å². The van der Waals surface area contributed by atoms with Crippen LogP contribution in [-0.2, 0) is 10.0 Å². The van der Waals surface area contributed by atoms with Crippen molar-refractivity contribution >= 4 is 39.1 Å². The van der Waals surface area contributed by atoms with Crippen LogP contribution < -0.4 is 10.5 Å². The molecule has 0 spiro atoms. The Kier molecular flexibility index (Phi) is 5.23. The summed E-state index contributed by atoms with van der Waals surface area (Å²) in [4.78, 5) is 0.170. The van der Waals surface area contributed by atoms with Gasteiger partial charge < -0.3 is 5.73 Å². The number of nitrogens with one attached hydrogen (secondary N) is 1. The Hall–Kier alpha value is -0.430. The molecule has 20 heavy (non-hydrogen) atoms. The Morgan fingerprint density at radius 3 is 2.85 bits per heavy atom. The van der Waals surface area contributed by atoms with E-state index in [9.17, 15) is 8.42 Å². The van der Waals surface area contributed by atoms with Crippen LogP contribution in [0.4, 0.5) is 5.69 Å². The Balaban J connectivity index is 2.14. The molecule has 1 unspecified atom stereocenters. The van der Waals surface area contributed by atoms with Crippen molar-refractivity contribution in [2.75, 3.05) is 18.0 Å². The summed E-state index contributed by atoms with van der Waals surface area (Å²) in [5, 5.41) is 0.691. The van der Waals surface area contributed by atoms with Gasteiger partial charge in [0.2, 0.25) is 10.0 Å². The number of halogens is 1. The number of hydrogen-bond donors (Lipinski definition) is 2. The van der Waals surface area contributed by atoms with Crippen LogP contribution >= 0.6 is 23.4 Å². The molecule has 0 amide bonds. The van der Waals surface area contributed by atoms with Crippen molar-refractivity contribution in [3.05, 3.63) is 22.7 Å². The molecule has 1 fully saturated rings. The van der Waals surface area contributed by atoms with E-state index < -0.39 is 10.0 Å². The maximum atomic E-state index is 12.4. The van der Waals surface area contributed by atoms with E-state index >= 15 is 0 Å². The molecule has 0 radical (unpaired) electrons. The summed E-state index contributed by atoms with van der Waals surface area (Å²) in [5.41, 5.74) is 6.71. The quantitative estimate of drug-likeness (QED) is 0.830. The molecular weight excluding hydrogens is 316 g/mol. The topological polar surface area (TPSA) is 72.2 Å². The van der Waals surface area contributed by atoms with Crippen molar-refractivity contribution in [1.29, 1.82) is 0 Å². The lowest BCUT2D eigenvalue weighted by atomic mass is 10.2. The van der Waals surface area contributed by atoms with Crippen molar-refractivity contribution in [1.82, 2.24) is 4.72 Å². The highest BCUT2D eigenvalue weighted by molar-refractivity contribution is 8.00. The van der Waals surface area contributed by atoms with E-state index in [0.29, 0.717) is 28.1 Å². The lowest BCUT2D eigenvalue weighted by Crippen LogP contribution is -2.32.